The Morgan fingerprint density at radius 2 is 1.91 bits per heavy atom. The molecule has 120 valence electrons. The lowest BCUT2D eigenvalue weighted by atomic mass is 10.1. The lowest BCUT2D eigenvalue weighted by molar-refractivity contribution is -0.139. The number of carbonyl (C=O) groups is 2. The zero-order valence-electron chi connectivity index (χ0n) is 12.5. The average molecular weight is 317 g/mol. The van der Waals surface area contributed by atoms with Gasteiger partial charge in [-0.2, -0.15) is 0 Å². The van der Waals surface area contributed by atoms with Crippen LogP contribution in [0.2, 0.25) is 0 Å². The maximum atomic E-state index is 13.1. The van der Waals surface area contributed by atoms with Crippen molar-refractivity contribution in [1.29, 1.82) is 0 Å². The van der Waals surface area contributed by atoms with Crippen molar-refractivity contribution >= 4 is 11.9 Å². The van der Waals surface area contributed by atoms with E-state index in [0.29, 0.717) is 5.75 Å². The fourth-order valence-corrected chi connectivity index (χ4v) is 2.07. The Morgan fingerprint density at radius 1 is 1.22 bits per heavy atom. The largest absolute Gasteiger partial charge is 0.497 e. The number of rotatable bonds is 6. The molecule has 0 saturated carbocycles. The number of aliphatic carboxylic acids is 1. The molecule has 0 fully saturated rings. The van der Waals surface area contributed by atoms with Crippen LogP contribution in [-0.4, -0.2) is 30.1 Å². The predicted molar refractivity (Wildman–Crippen MR) is 82.0 cm³/mol. The highest BCUT2D eigenvalue weighted by Crippen LogP contribution is 2.13. The van der Waals surface area contributed by atoms with Crippen molar-refractivity contribution in [3.05, 3.63) is 65.5 Å². The number of hydrogen-bond acceptors (Lipinski definition) is 3. The summed E-state index contributed by atoms with van der Waals surface area (Å²) < 4.78 is 18.2. The normalized spacial score (nSPS) is 11.6. The number of benzene rings is 2. The molecule has 6 heteroatoms. The molecule has 1 amide bonds. The maximum Gasteiger partial charge on any atom is 0.326 e. The quantitative estimate of drug-likeness (QED) is 0.857. The van der Waals surface area contributed by atoms with Gasteiger partial charge in [0.1, 0.15) is 17.6 Å². The number of carbonyl (C=O) groups excluding carboxylic acids is 1. The summed E-state index contributed by atoms with van der Waals surface area (Å²) in [6.45, 7) is 0. The molecular weight excluding hydrogens is 301 g/mol. The second kappa shape index (κ2) is 7.40. The van der Waals surface area contributed by atoms with E-state index in [9.17, 15) is 19.1 Å². The van der Waals surface area contributed by atoms with Crippen LogP contribution in [0.4, 0.5) is 4.39 Å². The summed E-state index contributed by atoms with van der Waals surface area (Å²) in [6, 6.07) is 10.8. The van der Waals surface area contributed by atoms with Crippen LogP contribution < -0.4 is 10.1 Å². The van der Waals surface area contributed by atoms with Gasteiger partial charge in [0.15, 0.2) is 0 Å². The third kappa shape index (κ3) is 4.54. The van der Waals surface area contributed by atoms with Gasteiger partial charge in [0.2, 0.25) is 0 Å². The van der Waals surface area contributed by atoms with Gasteiger partial charge in [-0.25, -0.2) is 9.18 Å². The van der Waals surface area contributed by atoms with Crippen LogP contribution in [0.3, 0.4) is 0 Å². The van der Waals surface area contributed by atoms with Gasteiger partial charge in [-0.3, -0.25) is 4.79 Å². The number of amides is 1. The van der Waals surface area contributed by atoms with E-state index in [1.807, 2.05) is 0 Å². The highest BCUT2D eigenvalue weighted by Gasteiger charge is 2.21. The third-order valence-electron chi connectivity index (χ3n) is 3.29. The second-order valence-electron chi connectivity index (χ2n) is 4.93. The van der Waals surface area contributed by atoms with Crippen molar-refractivity contribution in [2.24, 2.45) is 0 Å². The molecule has 0 bridgehead atoms. The second-order valence-corrected chi connectivity index (χ2v) is 4.93. The Kier molecular flexibility index (Phi) is 5.30. The molecule has 0 aliphatic rings. The smallest absolute Gasteiger partial charge is 0.326 e. The molecule has 0 heterocycles. The molecule has 0 aromatic heterocycles. The van der Waals surface area contributed by atoms with Gasteiger partial charge in [0.05, 0.1) is 7.11 Å². The molecule has 0 unspecified atom stereocenters. The van der Waals surface area contributed by atoms with E-state index < -0.39 is 23.7 Å². The van der Waals surface area contributed by atoms with Crippen LogP contribution in [0.1, 0.15) is 15.9 Å². The molecule has 0 aliphatic heterocycles. The first kappa shape index (κ1) is 16.5. The van der Waals surface area contributed by atoms with Crippen LogP contribution in [0, 0.1) is 5.82 Å². The fourth-order valence-electron chi connectivity index (χ4n) is 2.07. The van der Waals surface area contributed by atoms with Gasteiger partial charge in [-0.1, -0.05) is 18.2 Å². The topological polar surface area (TPSA) is 75.6 Å². The first-order valence-corrected chi connectivity index (χ1v) is 6.92. The lowest BCUT2D eigenvalue weighted by Gasteiger charge is -2.15. The molecule has 0 spiro atoms. The van der Waals surface area contributed by atoms with Gasteiger partial charge in [-0.05, 0) is 35.9 Å². The monoisotopic (exact) mass is 317 g/mol. The molecule has 2 aromatic rings. The summed E-state index contributed by atoms with van der Waals surface area (Å²) in [7, 11) is 1.54. The number of carboxylic acid groups (broad SMARTS) is 1. The third-order valence-corrected chi connectivity index (χ3v) is 3.29. The van der Waals surface area contributed by atoms with Crippen LogP contribution in [0.5, 0.6) is 5.75 Å². The molecular formula is C17H16FNO4. The number of carboxylic acids is 1. The van der Waals surface area contributed by atoms with Gasteiger partial charge < -0.3 is 15.2 Å². The Bertz CT molecular complexity index is 700. The predicted octanol–water partition coefficient (Wildman–Crippen LogP) is 2.26. The van der Waals surface area contributed by atoms with E-state index in [2.05, 4.69) is 5.32 Å². The summed E-state index contributed by atoms with van der Waals surface area (Å²) in [5.41, 5.74) is 0.809. The maximum absolute atomic E-state index is 13.1. The van der Waals surface area contributed by atoms with Crippen molar-refractivity contribution in [2.45, 2.75) is 12.5 Å². The summed E-state index contributed by atoms with van der Waals surface area (Å²) in [5, 5.41) is 11.7. The Hall–Kier alpha value is -2.89. The van der Waals surface area contributed by atoms with Crippen LogP contribution in [0.15, 0.2) is 48.5 Å². The first-order valence-electron chi connectivity index (χ1n) is 6.92. The highest BCUT2D eigenvalue weighted by atomic mass is 19.1. The number of methoxy groups -OCH3 is 1. The SMILES string of the molecule is COc1ccc(C[C@@H](NC(=O)c2cccc(F)c2)C(=O)O)cc1. The molecule has 23 heavy (non-hydrogen) atoms. The van der Waals surface area contributed by atoms with Crippen molar-refractivity contribution < 1.29 is 23.8 Å². The molecule has 1 atom stereocenters. The fraction of sp³-hybridized carbons (Fsp3) is 0.176. The molecule has 2 rings (SSSR count). The van der Waals surface area contributed by atoms with Crippen LogP contribution >= 0.6 is 0 Å². The van der Waals surface area contributed by atoms with E-state index in [1.54, 1.807) is 24.3 Å². The summed E-state index contributed by atoms with van der Waals surface area (Å²) in [4.78, 5) is 23.4. The molecule has 2 aromatic carbocycles. The minimum atomic E-state index is -1.16. The average Bonchev–Trinajstić information content (AvgIpc) is 2.54. The minimum Gasteiger partial charge on any atom is -0.497 e. The van der Waals surface area contributed by atoms with E-state index in [0.717, 1.165) is 11.6 Å². The van der Waals surface area contributed by atoms with Crippen LogP contribution in [0.25, 0.3) is 0 Å². The zero-order valence-corrected chi connectivity index (χ0v) is 12.5. The Balaban J connectivity index is 2.09. The number of nitrogens with one attached hydrogen (secondary N) is 1. The van der Waals surface area contributed by atoms with Gasteiger partial charge in [0, 0.05) is 12.0 Å². The van der Waals surface area contributed by atoms with Gasteiger partial charge >= 0.3 is 5.97 Å². The van der Waals surface area contributed by atoms with E-state index >= 15 is 0 Å². The lowest BCUT2D eigenvalue weighted by Crippen LogP contribution is -2.42. The van der Waals surface area contributed by atoms with Crippen molar-refractivity contribution in [1.82, 2.24) is 5.32 Å². The standard InChI is InChI=1S/C17H16FNO4/c1-23-14-7-5-11(6-8-14)9-15(17(21)22)19-16(20)12-3-2-4-13(18)10-12/h2-8,10,15H,9H2,1H3,(H,19,20)(H,21,22)/t15-/m1/s1. The van der Waals surface area contributed by atoms with E-state index in [4.69, 9.17) is 4.74 Å². The Morgan fingerprint density at radius 3 is 2.48 bits per heavy atom. The number of hydrogen-bond donors (Lipinski definition) is 2. The first-order chi connectivity index (χ1) is 11.0. The van der Waals surface area contributed by atoms with Gasteiger partial charge in [-0.15, -0.1) is 0 Å². The molecule has 0 aliphatic carbocycles. The summed E-state index contributed by atoms with van der Waals surface area (Å²) in [6.07, 6.45) is 0.111. The molecule has 0 saturated heterocycles. The summed E-state index contributed by atoms with van der Waals surface area (Å²) >= 11 is 0. The van der Waals surface area contributed by atoms with Crippen molar-refractivity contribution in [3.63, 3.8) is 0 Å². The molecule has 0 radical (unpaired) electrons. The van der Waals surface area contributed by atoms with Crippen LogP contribution in [-0.2, 0) is 11.2 Å². The van der Waals surface area contributed by atoms with E-state index in [-0.39, 0.29) is 12.0 Å². The zero-order chi connectivity index (χ0) is 16.8. The van der Waals surface area contributed by atoms with Gasteiger partial charge in [0.25, 0.3) is 5.91 Å². The van der Waals surface area contributed by atoms with E-state index in [1.165, 1.54) is 25.3 Å². The minimum absolute atomic E-state index is 0.0750. The number of ether oxygens (including phenoxy) is 1. The Labute approximate surface area is 132 Å². The molecule has 5 nitrogen and oxygen atoms in total. The summed E-state index contributed by atoms with van der Waals surface area (Å²) in [5.74, 6) is -1.69. The molecule has 2 N–H and O–H groups in total. The van der Waals surface area contributed by atoms with Crippen molar-refractivity contribution in [3.8, 4) is 5.75 Å². The number of halogens is 1. The highest BCUT2D eigenvalue weighted by molar-refractivity contribution is 5.96. The van der Waals surface area contributed by atoms with Crippen molar-refractivity contribution in [2.75, 3.05) is 7.11 Å².